The SMILES string of the molecule is COC1(C(=O)Cc2ccc(F)cc2F)CCC(C)(C)CC1. The van der Waals surface area contributed by atoms with Crippen molar-refractivity contribution in [2.45, 2.75) is 51.6 Å². The fraction of sp³-hybridized carbons (Fsp3) is 0.588. The average Bonchev–Trinajstić information content (AvgIpc) is 2.42. The van der Waals surface area contributed by atoms with Crippen LogP contribution in [0, 0.1) is 17.0 Å². The lowest BCUT2D eigenvalue weighted by atomic mass is 9.69. The largest absolute Gasteiger partial charge is 0.370 e. The molecule has 0 amide bonds. The lowest BCUT2D eigenvalue weighted by molar-refractivity contribution is -0.147. The van der Waals surface area contributed by atoms with Crippen LogP contribution in [0.3, 0.4) is 0 Å². The molecule has 4 heteroatoms. The van der Waals surface area contributed by atoms with Gasteiger partial charge in [-0.25, -0.2) is 8.78 Å². The maximum Gasteiger partial charge on any atom is 0.169 e. The summed E-state index contributed by atoms with van der Waals surface area (Å²) < 4.78 is 32.1. The van der Waals surface area contributed by atoms with Crippen molar-refractivity contribution in [3.8, 4) is 0 Å². The van der Waals surface area contributed by atoms with Crippen molar-refractivity contribution in [2.75, 3.05) is 7.11 Å². The molecule has 2 nitrogen and oxygen atoms in total. The number of carbonyl (C=O) groups is 1. The van der Waals surface area contributed by atoms with Gasteiger partial charge in [0.1, 0.15) is 17.2 Å². The first kappa shape index (κ1) is 16.1. The Morgan fingerprint density at radius 2 is 1.81 bits per heavy atom. The lowest BCUT2D eigenvalue weighted by Crippen LogP contribution is -2.46. The number of hydrogen-bond acceptors (Lipinski definition) is 2. The van der Waals surface area contributed by atoms with Crippen molar-refractivity contribution in [3.63, 3.8) is 0 Å². The summed E-state index contributed by atoms with van der Waals surface area (Å²) in [5.74, 6) is -1.43. The van der Waals surface area contributed by atoms with E-state index in [1.165, 1.54) is 19.2 Å². The molecule has 0 bridgehead atoms. The second kappa shape index (κ2) is 5.84. The van der Waals surface area contributed by atoms with E-state index in [1.807, 2.05) is 0 Å². The Labute approximate surface area is 124 Å². The standard InChI is InChI=1S/C17H22F2O2/c1-16(2)6-8-17(21-3,9-7-16)15(20)10-12-4-5-13(18)11-14(12)19/h4-5,11H,6-10H2,1-3H3. The first-order chi connectivity index (χ1) is 9.78. The quantitative estimate of drug-likeness (QED) is 0.837. The molecule has 0 aromatic heterocycles. The highest BCUT2D eigenvalue weighted by Crippen LogP contribution is 2.42. The van der Waals surface area contributed by atoms with Crippen molar-refractivity contribution in [1.82, 2.24) is 0 Å². The summed E-state index contributed by atoms with van der Waals surface area (Å²) in [4.78, 5) is 12.6. The smallest absolute Gasteiger partial charge is 0.169 e. The summed E-state index contributed by atoms with van der Waals surface area (Å²) in [6.45, 7) is 4.35. The summed E-state index contributed by atoms with van der Waals surface area (Å²) in [5, 5.41) is 0. The predicted octanol–water partition coefficient (Wildman–Crippen LogP) is 4.06. The summed E-state index contributed by atoms with van der Waals surface area (Å²) in [7, 11) is 1.54. The highest BCUT2D eigenvalue weighted by Gasteiger charge is 2.43. The molecule has 0 atom stereocenters. The van der Waals surface area contributed by atoms with Crippen LogP contribution in [-0.4, -0.2) is 18.5 Å². The second-order valence-corrected chi connectivity index (χ2v) is 6.70. The molecule has 0 heterocycles. The van der Waals surface area contributed by atoms with E-state index in [2.05, 4.69) is 13.8 Å². The Bertz CT molecular complexity index is 528. The Hall–Kier alpha value is -1.29. The Morgan fingerprint density at radius 3 is 2.33 bits per heavy atom. The first-order valence-electron chi connectivity index (χ1n) is 7.30. The topological polar surface area (TPSA) is 26.3 Å². The maximum atomic E-state index is 13.7. The molecule has 1 aliphatic rings. The molecule has 116 valence electrons. The van der Waals surface area contributed by atoms with E-state index < -0.39 is 17.2 Å². The van der Waals surface area contributed by atoms with Crippen LogP contribution >= 0.6 is 0 Å². The summed E-state index contributed by atoms with van der Waals surface area (Å²) in [6.07, 6.45) is 3.05. The van der Waals surface area contributed by atoms with Crippen molar-refractivity contribution in [1.29, 1.82) is 0 Å². The molecule has 0 N–H and O–H groups in total. The van der Waals surface area contributed by atoms with Gasteiger partial charge in [-0.3, -0.25) is 4.79 Å². The second-order valence-electron chi connectivity index (χ2n) is 6.70. The van der Waals surface area contributed by atoms with Crippen LogP contribution in [0.25, 0.3) is 0 Å². The predicted molar refractivity (Wildman–Crippen MR) is 77.1 cm³/mol. The number of benzene rings is 1. The van der Waals surface area contributed by atoms with Gasteiger partial charge in [0.15, 0.2) is 5.78 Å². The maximum absolute atomic E-state index is 13.7. The molecule has 0 radical (unpaired) electrons. The van der Waals surface area contributed by atoms with Crippen molar-refractivity contribution >= 4 is 5.78 Å². The normalized spacial score (nSPS) is 20.2. The van der Waals surface area contributed by atoms with Crippen LogP contribution in [0.2, 0.25) is 0 Å². The van der Waals surface area contributed by atoms with Crippen LogP contribution in [0.1, 0.15) is 45.1 Å². The number of methoxy groups -OCH3 is 1. The van der Waals surface area contributed by atoms with Gasteiger partial charge in [0.25, 0.3) is 0 Å². The molecule has 1 aliphatic carbocycles. The molecular weight excluding hydrogens is 274 g/mol. The minimum absolute atomic E-state index is 0.0552. The van der Waals surface area contributed by atoms with Gasteiger partial charge in [-0.15, -0.1) is 0 Å². The van der Waals surface area contributed by atoms with Crippen molar-refractivity contribution < 1.29 is 18.3 Å². The summed E-state index contributed by atoms with van der Waals surface area (Å²) >= 11 is 0. The Morgan fingerprint density at radius 1 is 1.19 bits per heavy atom. The minimum atomic E-state index is -0.823. The summed E-state index contributed by atoms with van der Waals surface area (Å²) in [5.41, 5.74) is -0.387. The van der Waals surface area contributed by atoms with E-state index >= 15 is 0 Å². The third-order valence-corrected chi connectivity index (χ3v) is 4.68. The van der Waals surface area contributed by atoms with Crippen LogP contribution < -0.4 is 0 Å². The highest BCUT2D eigenvalue weighted by molar-refractivity contribution is 5.89. The van der Waals surface area contributed by atoms with Gasteiger partial charge in [0.05, 0.1) is 0 Å². The molecule has 2 rings (SSSR count). The molecule has 0 spiro atoms. The molecule has 1 saturated carbocycles. The molecule has 0 unspecified atom stereocenters. The third-order valence-electron chi connectivity index (χ3n) is 4.68. The van der Waals surface area contributed by atoms with E-state index in [0.717, 1.165) is 18.9 Å². The van der Waals surface area contributed by atoms with Gasteiger partial charge in [-0.1, -0.05) is 19.9 Å². The molecule has 0 saturated heterocycles. The molecule has 0 aliphatic heterocycles. The zero-order chi connectivity index (χ0) is 15.7. The lowest BCUT2D eigenvalue weighted by Gasteiger charge is -2.41. The number of ketones is 1. The van der Waals surface area contributed by atoms with E-state index in [4.69, 9.17) is 4.74 Å². The molecule has 1 aromatic carbocycles. The number of ether oxygens (including phenoxy) is 1. The van der Waals surface area contributed by atoms with Gasteiger partial charge >= 0.3 is 0 Å². The molecule has 21 heavy (non-hydrogen) atoms. The van der Waals surface area contributed by atoms with Gasteiger partial charge in [0, 0.05) is 19.6 Å². The highest BCUT2D eigenvalue weighted by atomic mass is 19.1. The van der Waals surface area contributed by atoms with E-state index in [-0.39, 0.29) is 23.2 Å². The monoisotopic (exact) mass is 296 g/mol. The molecule has 1 fully saturated rings. The van der Waals surface area contributed by atoms with Crippen molar-refractivity contribution in [3.05, 3.63) is 35.4 Å². The average molecular weight is 296 g/mol. The number of halogens is 2. The van der Waals surface area contributed by atoms with Crippen LogP contribution in [0.15, 0.2) is 18.2 Å². The fourth-order valence-corrected chi connectivity index (χ4v) is 2.93. The number of carbonyl (C=O) groups excluding carboxylic acids is 1. The summed E-state index contributed by atoms with van der Waals surface area (Å²) in [6, 6.07) is 3.32. The molecule has 1 aromatic rings. The van der Waals surface area contributed by atoms with Gasteiger partial charge in [-0.2, -0.15) is 0 Å². The Kier molecular flexibility index (Phi) is 4.47. The van der Waals surface area contributed by atoms with Crippen molar-refractivity contribution in [2.24, 2.45) is 5.41 Å². The first-order valence-corrected chi connectivity index (χ1v) is 7.30. The number of Topliss-reactive ketones (excluding diaryl/α,β-unsaturated/α-hetero) is 1. The van der Waals surface area contributed by atoms with Gasteiger partial charge in [-0.05, 0) is 42.7 Å². The van der Waals surface area contributed by atoms with E-state index in [0.29, 0.717) is 12.8 Å². The zero-order valence-electron chi connectivity index (χ0n) is 12.8. The van der Waals surface area contributed by atoms with E-state index in [9.17, 15) is 13.6 Å². The molecular formula is C17H22F2O2. The fourth-order valence-electron chi connectivity index (χ4n) is 2.93. The minimum Gasteiger partial charge on any atom is -0.370 e. The van der Waals surface area contributed by atoms with Crippen LogP contribution in [0.5, 0.6) is 0 Å². The van der Waals surface area contributed by atoms with E-state index in [1.54, 1.807) is 0 Å². The van der Waals surface area contributed by atoms with Crippen LogP contribution in [0.4, 0.5) is 8.78 Å². The van der Waals surface area contributed by atoms with Gasteiger partial charge < -0.3 is 4.74 Å². The zero-order valence-corrected chi connectivity index (χ0v) is 12.8. The number of rotatable bonds is 4. The van der Waals surface area contributed by atoms with Crippen LogP contribution in [-0.2, 0) is 16.0 Å². The Balaban J connectivity index is 2.14. The third kappa shape index (κ3) is 3.49. The van der Waals surface area contributed by atoms with Gasteiger partial charge in [0.2, 0.25) is 0 Å². The number of hydrogen-bond donors (Lipinski definition) is 0.